The molecular weight excluding hydrogens is 399 g/mol. The third-order valence-electron chi connectivity index (χ3n) is 4.18. The maximum atomic E-state index is 12.5. The number of ether oxygens (including phenoxy) is 1. The number of hydrogen-bond donors (Lipinski definition) is 1. The summed E-state index contributed by atoms with van der Waals surface area (Å²) >= 11 is 0. The molecule has 1 N–H and O–H groups in total. The fourth-order valence-corrected chi connectivity index (χ4v) is 2.84. The molecule has 6 nitrogen and oxygen atoms in total. The van der Waals surface area contributed by atoms with Crippen LogP contribution in [0.3, 0.4) is 0 Å². The molecule has 3 aromatic carbocycles. The first-order valence-electron chi connectivity index (χ1n) is 8.66. The predicted octanol–water partition coefficient (Wildman–Crippen LogP) is 4.29. The van der Waals surface area contributed by atoms with Crippen molar-refractivity contribution in [3.63, 3.8) is 0 Å². The molecule has 0 spiro atoms. The van der Waals surface area contributed by atoms with Crippen LogP contribution in [-0.4, -0.2) is 22.2 Å². The van der Waals surface area contributed by atoms with Crippen LogP contribution in [0.2, 0.25) is 0 Å². The van der Waals surface area contributed by atoms with Gasteiger partial charge in [0.2, 0.25) is 0 Å². The van der Waals surface area contributed by atoms with Gasteiger partial charge in [-0.25, -0.2) is 9.97 Å². The average molecular weight is 411 g/mol. The topological polar surface area (TPSA) is 81.2 Å². The Balaban J connectivity index is 1.62. The zero-order valence-corrected chi connectivity index (χ0v) is 15.1. The number of aromatic nitrogens is 2. The van der Waals surface area contributed by atoms with Gasteiger partial charge in [0.15, 0.2) is 0 Å². The number of anilines is 1. The van der Waals surface area contributed by atoms with E-state index in [1.54, 1.807) is 30.3 Å². The molecule has 4 aromatic rings. The van der Waals surface area contributed by atoms with E-state index < -0.39 is 23.6 Å². The number of amides is 1. The van der Waals surface area contributed by atoms with Gasteiger partial charge in [0.05, 0.1) is 21.9 Å². The van der Waals surface area contributed by atoms with E-state index >= 15 is 0 Å². The van der Waals surface area contributed by atoms with Crippen LogP contribution in [0.5, 0.6) is 5.75 Å². The molecule has 0 atom stereocenters. The number of carbonyl (C=O) groups excluding carboxylic acids is 1. The number of carbonyl (C=O) groups is 1. The summed E-state index contributed by atoms with van der Waals surface area (Å²) in [7, 11) is 0. The fraction of sp³-hybridized carbons (Fsp3) is 0.0476. The minimum Gasteiger partial charge on any atom is -0.406 e. The van der Waals surface area contributed by atoms with Gasteiger partial charge >= 0.3 is 6.36 Å². The predicted molar refractivity (Wildman–Crippen MR) is 104 cm³/mol. The number of benzene rings is 3. The number of hydrogen-bond acceptors (Lipinski definition) is 5. The fourth-order valence-electron chi connectivity index (χ4n) is 2.84. The maximum absolute atomic E-state index is 12.5. The number of para-hydroxylation sites is 1. The second-order valence-electron chi connectivity index (χ2n) is 6.28. The Labute approximate surface area is 167 Å². The van der Waals surface area contributed by atoms with Crippen molar-refractivity contribution in [2.75, 3.05) is 5.32 Å². The highest BCUT2D eigenvalue weighted by Gasteiger charge is 2.30. The Morgan fingerprint density at radius 1 is 0.867 bits per heavy atom. The molecule has 4 rings (SSSR count). The minimum absolute atomic E-state index is 0.210. The molecule has 0 radical (unpaired) electrons. The number of fused-ring (bicyclic) bond motifs is 2. The summed E-state index contributed by atoms with van der Waals surface area (Å²) in [5, 5.41) is 2.93. The molecule has 0 unspecified atom stereocenters. The molecule has 0 saturated carbocycles. The molecule has 0 bridgehead atoms. The molecule has 0 aliphatic carbocycles. The summed E-state index contributed by atoms with van der Waals surface area (Å²) in [6, 6.07) is 16.0. The first-order chi connectivity index (χ1) is 14.3. The monoisotopic (exact) mass is 411 g/mol. The molecule has 0 aliphatic heterocycles. The molecule has 1 amide bonds. The van der Waals surface area contributed by atoms with Gasteiger partial charge in [-0.3, -0.25) is 9.59 Å². The van der Waals surface area contributed by atoms with Gasteiger partial charge in [0, 0.05) is 11.3 Å². The molecule has 1 aromatic heterocycles. The van der Waals surface area contributed by atoms with Crippen molar-refractivity contribution in [3.05, 3.63) is 82.6 Å². The summed E-state index contributed by atoms with van der Waals surface area (Å²) < 4.78 is 40.5. The highest BCUT2D eigenvalue weighted by Crippen LogP contribution is 2.24. The molecule has 0 aliphatic rings. The van der Waals surface area contributed by atoms with Gasteiger partial charge < -0.3 is 10.1 Å². The zero-order chi connectivity index (χ0) is 21.3. The van der Waals surface area contributed by atoms with Crippen LogP contribution in [0.25, 0.3) is 21.9 Å². The first kappa shape index (κ1) is 19.3. The Hall–Kier alpha value is -4.01. The van der Waals surface area contributed by atoms with Crippen LogP contribution in [0.15, 0.2) is 71.5 Å². The molecule has 0 fully saturated rings. The van der Waals surface area contributed by atoms with Crippen molar-refractivity contribution < 1.29 is 22.7 Å². The number of halogens is 3. The largest absolute Gasteiger partial charge is 0.573 e. The lowest BCUT2D eigenvalue weighted by Gasteiger charge is -2.10. The van der Waals surface area contributed by atoms with E-state index in [0.29, 0.717) is 16.4 Å². The van der Waals surface area contributed by atoms with Crippen molar-refractivity contribution in [3.8, 4) is 5.75 Å². The lowest BCUT2D eigenvalue weighted by Crippen LogP contribution is -2.17. The minimum atomic E-state index is -4.79. The smallest absolute Gasteiger partial charge is 0.406 e. The van der Waals surface area contributed by atoms with Crippen LogP contribution in [0.1, 0.15) is 10.4 Å². The zero-order valence-electron chi connectivity index (χ0n) is 15.1. The van der Waals surface area contributed by atoms with E-state index in [0.717, 1.165) is 12.1 Å². The Morgan fingerprint density at radius 3 is 2.33 bits per heavy atom. The van der Waals surface area contributed by atoms with Crippen molar-refractivity contribution in [1.82, 2.24) is 9.97 Å². The van der Waals surface area contributed by atoms with Crippen molar-refractivity contribution >= 4 is 33.5 Å². The number of nitrogens with zero attached hydrogens (tertiary/aromatic N) is 2. The summed E-state index contributed by atoms with van der Waals surface area (Å²) in [4.78, 5) is 33.3. The molecule has 0 saturated heterocycles. The van der Waals surface area contributed by atoms with Crippen LogP contribution in [-0.2, 0) is 0 Å². The van der Waals surface area contributed by atoms with Gasteiger partial charge in [-0.05, 0) is 54.6 Å². The molecule has 9 heteroatoms. The van der Waals surface area contributed by atoms with Crippen molar-refractivity contribution in [1.29, 1.82) is 0 Å². The summed E-state index contributed by atoms with van der Waals surface area (Å²) in [5.41, 5.74) is 1.20. The summed E-state index contributed by atoms with van der Waals surface area (Å²) in [6.07, 6.45) is -4.79. The van der Waals surface area contributed by atoms with E-state index in [4.69, 9.17) is 0 Å². The second-order valence-corrected chi connectivity index (χ2v) is 6.28. The number of alkyl halides is 3. The third-order valence-corrected chi connectivity index (χ3v) is 4.18. The maximum Gasteiger partial charge on any atom is 0.573 e. The van der Waals surface area contributed by atoms with Crippen LogP contribution in [0.4, 0.5) is 18.9 Å². The van der Waals surface area contributed by atoms with Crippen LogP contribution < -0.4 is 15.6 Å². The number of rotatable bonds is 3. The summed E-state index contributed by atoms with van der Waals surface area (Å²) in [6.45, 7) is 0. The van der Waals surface area contributed by atoms with E-state index in [1.165, 1.54) is 24.3 Å². The van der Waals surface area contributed by atoms with Gasteiger partial charge in [0.1, 0.15) is 5.75 Å². The molecular formula is C21H12F3N3O3. The van der Waals surface area contributed by atoms with E-state index in [2.05, 4.69) is 20.0 Å². The highest BCUT2D eigenvalue weighted by molar-refractivity contribution is 6.06. The second kappa shape index (κ2) is 7.43. The van der Waals surface area contributed by atoms with Crippen LogP contribution in [0, 0.1) is 0 Å². The first-order valence-corrected chi connectivity index (χ1v) is 8.66. The van der Waals surface area contributed by atoms with Gasteiger partial charge in [-0.15, -0.1) is 13.2 Å². The van der Waals surface area contributed by atoms with E-state index in [1.807, 2.05) is 0 Å². The molecule has 150 valence electrons. The quantitative estimate of drug-likeness (QED) is 0.544. The Kier molecular flexibility index (Phi) is 4.78. The molecule has 1 heterocycles. The third kappa shape index (κ3) is 4.19. The lowest BCUT2D eigenvalue weighted by molar-refractivity contribution is -0.274. The molecule has 30 heavy (non-hydrogen) atoms. The van der Waals surface area contributed by atoms with E-state index in [-0.39, 0.29) is 16.8 Å². The SMILES string of the molecule is O=C(Nc1ccc(OC(F)(F)F)cc1)c1ccc2nc3ccccc3c(=O)nc2c1. The Morgan fingerprint density at radius 2 is 1.60 bits per heavy atom. The lowest BCUT2D eigenvalue weighted by atomic mass is 10.1. The summed E-state index contributed by atoms with van der Waals surface area (Å²) in [5.74, 6) is -0.921. The highest BCUT2D eigenvalue weighted by atomic mass is 19.4. The standard InChI is InChI=1S/C21H12F3N3O3/c22-21(23,24)30-14-8-6-13(7-9-14)25-19(28)12-5-10-17-18(11-12)27-20(29)15-3-1-2-4-16(15)26-17/h1-11H,(H,25,28). The van der Waals surface area contributed by atoms with Gasteiger partial charge in [-0.2, -0.15) is 0 Å². The number of nitrogens with one attached hydrogen (secondary N) is 1. The van der Waals surface area contributed by atoms with Crippen molar-refractivity contribution in [2.24, 2.45) is 0 Å². The van der Waals surface area contributed by atoms with Crippen LogP contribution >= 0.6 is 0 Å². The Bertz CT molecular complexity index is 1320. The van der Waals surface area contributed by atoms with Crippen molar-refractivity contribution in [2.45, 2.75) is 6.36 Å². The normalized spacial score (nSPS) is 11.4. The average Bonchev–Trinajstić information content (AvgIpc) is 2.83. The van der Waals surface area contributed by atoms with Gasteiger partial charge in [0.25, 0.3) is 11.5 Å². The van der Waals surface area contributed by atoms with Gasteiger partial charge in [-0.1, -0.05) is 12.1 Å². The van der Waals surface area contributed by atoms with E-state index in [9.17, 15) is 22.8 Å².